The van der Waals surface area contributed by atoms with E-state index in [9.17, 15) is 26.4 Å². The number of benzene rings is 2. The van der Waals surface area contributed by atoms with E-state index in [2.05, 4.69) is 5.32 Å². The Kier molecular flexibility index (Phi) is 6.64. The summed E-state index contributed by atoms with van der Waals surface area (Å²) in [5, 5.41) is 1.97. The smallest absolute Gasteiger partial charge is 0.324 e. The van der Waals surface area contributed by atoms with Crippen molar-refractivity contribution in [2.45, 2.75) is 11.1 Å². The second kappa shape index (κ2) is 8.24. The van der Waals surface area contributed by atoms with Crippen LogP contribution in [0.4, 0.5) is 18.9 Å². The van der Waals surface area contributed by atoms with Gasteiger partial charge in [0.05, 0.1) is 27.8 Å². The van der Waals surface area contributed by atoms with Crippen LogP contribution in [0.3, 0.4) is 0 Å². The molecule has 12 heteroatoms. The number of amides is 1. The van der Waals surface area contributed by atoms with E-state index in [4.69, 9.17) is 34.8 Å². The predicted octanol–water partition coefficient (Wildman–Crippen LogP) is 4.58. The summed E-state index contributed by atoms with van der Waals surface area (Å²) in [4.78, 5) is 11.6. The van der Waals surface area contributed by atoms with Crippen molar-refractivity contribution in [3.63, 3.8) is 0 Å². The minimum atomic E-state index is -4.63. The van der Waals surface area contributed by atoms with Crippen molar-refractivity contribution in [1.29, 1.82) is 0 Å². The average molecular weight is 462 g/mol. The number of rotatable bonds is 5. The minimum absolute atomic E-state index is 0.111. The molecule has 27 heavy (non-hydrogen) atoms. The lowest BCUT2D eigenvalue weighted by Gasteiger charge is -2.12. The second-order valence-corrected chi connectivity index (χ2v) is 8.13. The first-order valence-electron chi connectivity index (χ1n) is 7.01. The molecule has 0 aliphatic rings. The van der Waals surface area contributed by atoms with E-state index in [0.29, 0.717) is 6.07 Å². The van der Waals surface area contributed by atoms with Crippen molar-refractivity contribution >= 4 is 56.4 Å². The van der Waals surface area contributed by atoms with Crippen molar-refractivity contribution < 1.29 is 26.4 Å². The van der Waals surface area contributed by atoms with Crippen LogP contribution in [0.2, 0.25) is 15.1 Å². The Hall–Kier alpha value is -1.52. The maximum Gasteiger partial charge on any atom is 0.416 e. The first-order chi connectivity index (χ1) is 12.4. The molecule has 5 nitrogen and oxygen atoms in total. The van der Waals surface area contributed by atoms with E-state index in [0.717, 1.165) is 18.2 Å². The Morgan fingerprint density at radius 1 is 1.00 bits per heavy atom. The molecule has 0 atom stereocenters. The van der Waals surface area contributed by atoms with Gasteiger partial charge >= 0.3 is 6.18 Å². The fourth-order valence-electron chi connectivity index (χ4n) is 1.91. The number of sulfonamides is 1. The lowest BCUT2D eigenvalue weighted by atomic mass is 10.2. The normalized spacial score (nSPS) is 12.1. The van der Waals surface area contributed by atoms with Crippen molar-refractivity contribution in [3.05, 3.63) is 57.0 Å². The minimum Gasteiger partial charge on any atom is -0.324 e. The van der Waals surface area contributed by atoms with Gasteiger partial charge in [-0.1, -0.05) is 34.8 Å². The van der Waals surface area contributed by atoms with Crippen LogP contribution in [0.1, 0.15) is 5.56 Å². The quantitative estimate of drug-likeness (QED) is 0.684. The first kappa shape index (κ1) is 21.8. The molecule has 146 valence electrons. The Morgan fingerprint density at radius 3 is 2.26 bits per heavy atom. The van der Waals surface area contributed by atoms with Gasteiger partial charge in [-0.05, 0) is 36.4 Å². The summed E-state index contributed by atoms with van der Waals surface area (Å²) in [7, 11) is -4.18. The summed E-state index contributed by atoms with van der Waals surface area (Å²) in [6, 6.07) is 6.10. The monoisotopic (exact) mass is 460 g/mol. The number of hydrogen-bond donors (Lipinski definition) is 2. The third-order valence-corrected chi connectivity index (χ3v) is 5.62. The van der Waals surface area contributed by atoms with Gasteiger partial charge in [0, 0.05) is 5.02 Å². The third-order valence-electron chi connectivity index (χ3n) is 3.17. The second-order valence-electron chi connectivity index (χ2n) is 5.14. The average Bonchev–Trinajstić information content (AvgIpc) is 2.56. The van der Waals surface area contributed by atoms with Crippen molar-refractivity contribution in [1.82, 2.24) is 4.72 Å². The van der Waals surface area contributed by atoms with E-state index in [1.54, 1.807) is 0 Å². The predicted molar refractivity (Wildman–Crippen MR) is 96.7 cm³/mol. The number of nitrogens with one attached hydrogen (secondary N) is 2. The van der Waals surface area contributed by atoms with Crippen LogP contribution in [0.5, 0.6) is 0 Å². The molecule has 0 radical (unpaired) electrons. The Morgan fingerprint density at radius 2 is 1.63 bits per heavy atom. The summed E-state index contributed by atoms with van der Waals surface area (Å²) < 4.78 is 64.6. The zero-order valence-electron chi connectivity index (χ0n) is 13.1. The molecule has 0 heterocycles. The van der Waals surface area contributed by atoms with Gasteiger partial charge in [0.15, 0.2) is 0 Å². The van der Waals surface area contributed by atoms with Crippen molar-refractivity contribution in [3.8, 4) is 0 Å². The van der Waals surface area contributed by atoms with E-state index in [1.165, 1.54) is 12.1 Å². The van der Waals surface area contributed by atoms with Gasteiger partial charge in [0.25, 0.3) is 0 Å². The lowest BCUT2D eigenvalue weighted by Crippen LogP contribution is -2.33. The molecule has 0 fully saturated rings. The fourth-order valence-corrected chi connectivity index (χ4v) is 3.82. The Bertz CT molecular complexity index is 982. The van der Waals surface area contributed by atoms with Gasteiger partial charge < -0.3 is 5.32 Å². The Labute approximate surface area is 167 Å². The zero-order chi connectivity index (χ0) is 20.4. The van der Waals surface area contributed by atoms with Gasteiger partial charge in [-0.25, -0.2) is 13.1 Å². The molecule has 0 aliphatic carbocycles. The lowest BCUT2D eigenvalue weighted by molar-refractivity contribution is -0.137. The summed E-state index contributed by atoms with van der Waals surface area (Å²) in [6.07, 6.45) is -4.63. The Balaban J connectivity index is 2.12. The molecule has 0 aromatic heterocycles. The summed E-state index contributed by atoms with van der Waals surface area (Å²) >= 11 is 17.3. The molecular weight excluding hydrogens is 452 g/mol. The largest absolute Gasteiger partial charge is 0.416 e. The van der Waals surface area contributed by atoms with Crippen LogP contribution in [0.15, 0.2) is 41.3 Å². The molecule has 0 saturated carbocycles. The molecule has 0 saturated heterocycles. The highest BCUT2D eigenvalue weighted by molar-refractivity contribution is 7.89. The maximum absolute atomic E-state index is 12.7. The number of hydrogen-bond acceptors (Lipinski definition) is 3. The van der Waals surface area contributed by atoms with Crippen molar-refractivity contribution in [2.75, 3.05) is 11.9 Å². The van der Waals surface area contributed by atoms with Crippen LogP contribution in [0, 0.1) is 0 Å². The van der Waals surface area contributed by atoms with E-state index in [1.807, 2.05) is 4.72 Å². The molecule has 0 spiro atoms. The first-order valence-corrected chi connectivity index (χ1v) is 9.63. The van der Waals surface area contributed by atoms with Crippen LogP contribution in [0.25, 0.3) is 0 Å². The number of halogens is 6. The molecule has 0 aliphatic heterocycles. The van der Waals surface area contributed by atoms with E-state index in [-0.39, 0.29) is 25.7 Å². The van der Waals surface area contributed by atoms with Gasteiger partial charge in [0.1, 0.15) is 4.90 Å². The molecule has 2 rings (SSSR count). The zero-order valence-corrected chi connectivity index (χ0v) is 16.2. The van der Waals surface area contributed by atoms with Gasteiger partial charge in [-0.2, -0.15) is 13.2 Å². The van der Waals surface area contributed by atoms with E-state index < -0.39 is 34.2 Å². The molecule has 2 N–H and O–H groups in total. The van der Waals surface area contributed by atoms with Gasteiger partial charge in [-0.15, -0.1) is 0 Å². The van der Waals surface area contributed by atoms with Gasteiger partial charge in [-0.3, -0.25) is 4.79 Å². The molecule has 1 amide bonds. The van der Waals surface area contributed by atoms with Gasteiger partial charge in [0.2, 0.25) is 15.9 Å². The number of alkyl halides is 3. The summed E-state index contributed by atoms with van der Waals surface area (Å²) in [6.45, 7) is -0.766. The number of carbonyl (C=O) groups excluding carboxylic acids is 1. The highest BCUT2D eigenvalue weighted by atomic mass is 35.5. The molecule has 0 bridgehead atoms. The van der Waals surface area contributed by atoms with Crippen LogP contribution < -0.4 is 10.0 Å². The number of anilines is 1. The summed E-state index contributed by atoms with van der Waals surface area (Å²) in [5.74, 6) is -0.932. The molecule has 2 aromatic carbocycles. The molecular formula is C15H10Cl3F3N2O3S. The highest BCUT2D eigenvalue weighted by Crippen LogP contribution is 2.33. The van der Waals surface area contributed by atoms with Crippen molar-refractivity contribution in [2.24, 2.45) is 0 Å². The van der Waals surface area contributed by atoms with Crippen LogP contribution in [-0.4, -0.2) is 20.9 Å². The van der Waals surface area contributed by atoms with Crippen LogP contribution >= 0.6 is 34.8 Å². The molecule has 0 unspecified atom stereocenters. The maximum atomic E-state index is 12.7. The van der Waals surface area contributed by atoms with Crippen LogP contribution in [-0.2, 0) is 21.0 Å². The highest BCUT2D eigenvalue weighted by Gasteiger charge is 2.31. The standard InChI is InChI=1S/C15H10Cl3F3N2O3S/c16-9-2-4-11(18)13(6-9)27(25,26)22-7-14(24)23-12-5-8(15(19,20)21)1-3-10(12)17/h1-6,22H,7H2,(H,23,24). The SMILES string of the molecule is O=C(CNS(=O)(=O)c1cc(Cl)ccc1Cl)Nc1cc(C(F)(F)F)ccc1Cl. The number of carbonyl (C=O) groups is 1. The summed E-state index contributed by atoms with van der Waals surface area (Å²) in [5.41, 5.74) is -1.33. The fraction of sp³-hybridized carbons (Fsp3) is 0.133. The topological polar surface area (TPSA) is 75.3 Å². The van der Waals surface area contributed by atoms with E-state index >= 15 is 0 Å². The third kappa shape index (κ3) is 5.73. The molecule has 2 aromatic rings.